The molecular formula is C25H21ClF2N8O. The SMILES string of the molecule is Cc1nn(C)cc1Nc1ncc(F)c(-c2ccn(C(c3ccc(Cl)c(F)c3)c3cnn(C)c3)c(=O)c2)n1. The lowest BCUT2D eigenvalue weighted by Gasteiger charge is -2.20. The highest BCUT2D eigenvalue weighted by atomic mass is 35.5. The molecule has 37 heavy (non-hydrogen) atoms. The highest BCUT2D eigenvalue weighted by molar-refractivity contribution is 6.30. The van der Waals surface area contributed by atoms with Crippen LogP contribution in [0.15, 0.2) is 66.1 Å². The Bertz CT molecular complexity index is 1680. The van der Waals surface area contributed by atoms with Crippen molar-refractivity contribution in [3.05, 3.63) is 105 Å². The average molecular weight is 523 g/mol. The maximum atomic E-state index is 14.7. The molecule has 0 radical (unpaired) electrons. The number of halogens is 3. The fraction of sp³-hybridized carbons (Fsp3) is 0.160. The fourth-order valence-electron chi connectivity index (χ4n) is 4.10. The van der Waals surface area contributed by atoms with Crippen LogP contribution >= 0.6 is 11.6 Å². The Kier molecular flexibility index (Phi) is 6.30. The van der Waals surface area contributed by atoms with E-state index in [1.54, 1.807) is 54.2 Å². The van der Waals surface area contributed by atoms with Gasteiger partial charge in [0, 0.05) is 49.9 Å². The van der Waals surface area contributed by atoms with Crippen LogP contribution in [0.3, 0.4) is 0 Å². The Hall–Kier alpha value is -4.38. The fourth-order valence-corrected chi connectivity index (χ4v) is 4.22. The number of pyridine rings is 1. The lowest BCUT2D eigenvalue weighted by Crippen LogP contribution is -2.25. The van der Waals surface area contributed by atoms with Gasteiger partial charge in [0.15, 0.2) is 5.82 Å². The maximum absolute atomic E-state index is 14.7. The van der Waals surface area contributed by atoms with Gasteiger partial charge in [0.2, 0.25) is 5.95 Å². The topological polar surface area (TPSA) is 95.5 Å². The Morgan fingerprint density at radius 1 is 1.00 bits per heavy atom. The molecule has 1 unspecified atom stereocenters. The summed E-state index contributed by atoms with van der Waals surface area (Å²) in [6.45, 7) is 1.82. The Morgan fingerprint density at radius 3 is 2.46 bits per heavy atom. The third-order valence-electron chi connectivity index (χ3n) is 5.80. The molecule has 9 nitrogen and oxygen atoms in total. The van der Waals surface area contributed by atoms with Crippen LogP contribution in [0.25, 0.3) is 11.3 Å². The second kappa shape index (κ2) is 9.58. The van der Waals surface area contributed by atoms with Crippen molar-refractivity contribution in [3.8, 4) is 11.3 Å². The molecule has 0 spiro atoms. The van der Waals surface area contributed by atoms with Crippen LogP contribution in [0.2, 0.25) is 5.02 Å². The lowest BCUT2D eigenvalue weighted by molar-refractivity contribution is 0.608. The largest absolute Gasteiger partial charge is 0.321 e. The van der Waals surface area contributed by atoms with Gasteiger partial charge in [-0.25, -0.2) is 18.7 Å². The summed E-state index contributed by atoms with van der Waals surface area (Å²) in [6.07, 6.45) is 7.64. The zero-order chi connectivity index (χ0) is 26.3. The quantitative estimate of drug-likeness (QED) is 0.355. The second-order valence-corrected chi connectivity index (χ2v) is 8.91. The smallest absolute Gasteiger partial charge is 0.252 e. The molecule has 0 saturated heterocycles. The molecular weight excluding hydrogens is 502 g/mol. The summed E-state index contributed by atoms with van der Waals surface area (Å²) < 4.78 is 33.7. The van der Waals surface area contributed by atoms with E-state index in [1.165, 1.54) is 29.0 Å². The molecule has 1 aromatic carbocycles. The summed E-state index contributed by atoms with van der Waals surface area (Å²) in [5, 5.41) is 11.4. The summed E-state index contributed by atoms with van der Waals surface area (Å²) in [7, 11) is 3.52. The van der Waals surface area contributed by atoms with Gasteiger partial charge in [-0.1, -0.05) is 17.7 Å². The predicted molar refractivity (Wildman–Crippen MR) is 135 cm³/mol. The zero-order valence-electron chi connectivity index (χ0n) is 20.0. The van der Waals surface area contributed by atoms with E-state index < -0.39 is 23.2 Å². The standard InChI is InChI=1S/C25H21ClF2N8O/c1-14-21(13-35(3)33-14)31-25-29-11-20(28)23(32-25)15-6-7-36(22(37)9-15)24(17-10-30-34(2)12-17)16-4-5-18(26)19(27)8-16/h4-13,24H,1-3H3,(H,29,31,32). The monoisotopic (exact) mass is 522 g/mol. The van der Waals surface area contributed by atoms with E-state index in [2.05, 4.69) is 25.5 Å². The van der Waals surface area contributed by atoms with Crippen LogP contribution in [0, 0.1) is 18.6 Å². The normalized spacial score (nSPS) is 12.1. The molecule has 1 N–H and O–H groups in total. The van der Waals surface area contributed by atoms with Gasteiger partial charge in [-0.15, -0.1) is 0 Å². The Morgan fingerprint density at radius 2 is 1.81 bits per heavy atom. The molecule has 188 valence electrons. The van der Waals surface area contributed by atoms with Crippen molar-refractivity contribution in [1.82, 2.24) is 34.1 Å². The van der Waals surface area contributed by atoms with E-state index in [-0.39, 0.29) is 22.2 Å². The van der Waals surface area contributed by atoms with Crippen LogP contribution in [0.4, 0.5) is 20.4 Å². The van der Waals surface area contributed by atoms with Crippen LogP contribution in [-0.4, -0.2) is 34.1 Å². The number of nitrogens with one attached hydrogen (secondary N) is 1. The maximum Gasteiger partial charge on any atom is 0.252 e. The minimum Gasteiger partial charge on any atom is -0.321 e. The van der Waals surface area contributed by atoms with Crippen LogP contribution in [0.5, 0.6) is 0 Å². The number of benzene rings is 1. The molecule has 0 saturated carbocycles. The van der Waals surface area contributed by atoms with Crippen molar-refractivity contribution in [1.29, 1.82) is 0 Å². The van der Waals surface area contributed by atoms with E-state index in [1.807, 2.05) is 6.92 Å². The molecule has 4 aromatic heterocycles. The first-order valence-corrected chi connectivity index (χ1v) is 11.5. The molecule has 5 rings (SSSR count). The lowest BCUT2D eigenvalue weighted by atomic mass is 10.0. The summed E-state index contributed by atoms with van der Waals surface area (Å²) in [5.74, 6) is -1.14. The number of nitrogens with zero attached hydrogens (tertiary/aromatic N) is 7. The predicted octanol–water partition coefficient (Wildman–Crippen LogP) is 4.39. The van der Waals surface area contributed by atoms with Crippen LogP contribution < -0.4 is 10.9 Å². The first kappa shape index (κ1) is 24.3. The molecule has 5 aromatic rings. The van der Waals surface area contributed by atoms with E-state index >= 15 is 0 Å². The van der Waals surface area contributed by atoms with Gasteiger partial charge in [0.25, 0.3) is 5.56 Å². The van der Waals surface area contributed by atoms with Gasteiger partial charge in [0.1, 0.15) is 11.5 Å². The second-order valence-electron chi connectivity index (χ2n) is 8.50. The third kappa shape index (κ3) is 4.85. The first-order valence-electron chi connectivity index (χ1n) is 11.2. The summed E-state index contributed by atoms with van der Waals surface area (Å²) in [4.78, 5) is 21.6. The number of rotatable bonds is 6. The zero-order valence-corrected chi connectivity index (χ0v) is 20.8. The third-order valence-corrected chi connectivity index (χ3v) is 6.11. The highest BCUT2D eigenvalue weighted by Gasteiger charge is 2.21. The van der Waals surface area contributed by atoms with Crippen molar-refractivity contribution in [2.75, 3.05) is 5.32 Å². The molecule has 12 heteroatoms. The number of hydrogen-bond acceptors (Lipinski definition) is 6. The summed E-state index contributed by atoms with van der Waals surface area (Å²) >= 11 is 5.87. The van der Waals surface area contributed by atoms with E-state index in [0.717, 1.165) is 11.9 Å². The van der Waals surface area contributed by atoms with E-state index in [0.29, 0.717) is 16.8 Å². The number of aromatic nitrogens is 7. The molecule has 0 bridgehead atoms. The van der Waals surface area contributed by atoms with Crippen molar-refractivity contribution in [2.24, 2.45) is 14.1 Å². The van der Waals surface area contributed by atoms with Gasteiger partial charge < -0.3 is 9.88 Å². The van der Waals surface area contributed by atoms with Gasteiger partial charge in [-0.2, -0.15) is 10.2 Å². The Labute approximate surface area is 215 Å². The molecule has 0 aliphatic heterocycles. The Balaban J connectivity index is 1.55. The summed E-state index contributed by atoms with van der Waals surface area (Å²) in [5.41, 5.74) is 2.32. The van der Waals surface area contributed by atoms with Gasteiger partial charge in [0.05, 0.1) is 34.8 Å². The first-order chi connectivity index (χ1) is 17.7. The molecule has 0 aliphatic carbocycles. The van der Waals surface area contributed by atoms with E-state index in [4.69, 9.17) is 11.6 Å². The van der Waals surface area contributed by atoms with Crippen molar-refractivity contribution < 1.29 is 8.78 Å². The molecule has 1 atom stereocenters. The van der Waals surface area contributed by atoms with Crippen molar-refractivity contribution >= 4 is 23.2 Å². The van der Waals surface area contributed by atoms with Gasteiger partial charge >= 0.3 is 0 Å². The molecule has 0 fully saturated rings. The van der Waals surface area contributed by atoms with Crippen LogP contribution in [0.1, 0.15) is 22.9 Å². The highest BCUT2D eigenvalue weighted by Crippen LogP contribution is 2.29. The molecule has 0 amide bonds. The number of aryl methyl sites for hydroxylation is 3. The summed E-state index contributed by atoms with van der Waals surface area (Å²) in [6, 6.07) is 6.52. The van der Waals surface area contributed by atoms with Crippen molar-refractivity contribution in [2.45, 2.75) is 13.0 Å². The number of anilines is 2. The minimum absolute atomic E-state index is 0.0264. The molecule has 4 heterocycles. The molecule has 0 aliphatic rings. The van der Waals surface area contributed by atoms with E-state index in [9.17, 15) is 13.6 Å². The van der Waals surface area contributed by atoms with Gasteiger partial charge in [-0.3, -0.25) is 14.2 Å². The average Bonchev–Trinajstić information content (AvgIpc) is 3.42. The van der Waals surface area contributed by atoms with Gasteiger partial charge in [-0.05, 0) is 30.7 Å². The van der Waals surface area contributed by atoms with Crippen LogP contribution in [-0.2, 0) is 14.1 Å². The van der Waals surface area contributed by atoms with Crippen molar-refractivity contribution in [3.63, 3.8) is 0 Å². The number of hydrogen-bond donors (Lipinski definition) is 1. The minimum atomic E-state index is -0.692.